The lowest BCUT2D eigenvalue weighted by Gasteiger charge is -2.26. The molecule has 0 bridgehead atoms. The second-order valence-electron chi connectivity index (χ2n) is 16.8. The summed E-state index contributed by atoms with van der Waals surface area (Å²) in [6.07, 6.45) is 9.11. The van der Waals surface area contributed by atoms with E-state index in [1.54, 1.807) is 12.1 Å². The van der Waals surface area contributed by atoms with Crippen LogP contribution in [-0.4, -0.2) is 25.5 Å². The standard InChI is InChI=1S/C53H68O5/c1-10-15-36-20-22-49(54)41(24-36)32(6)43-26-38(17-12-3)28-45(51(43)56)34(8)47-30-40(19-14-5)31-48(53(47)58)35(9)46-29-39(18-13-4)27-44(52(46)57)33(7)42-25-37(16-11-2)21-23-50(42)55/h20-35,54-58H,10-19H2,1-9H3. The third-order valence-electron chi connectivity index (χ3n) is 12.3. The van der Waals surface area contributed by atoms with Crippen LogP contribution in [0.3, 0.4) is 0 Å². The van der Waals surface area contributed by atoms with E-state index in [9.17, 15) is 25.5 Å². The van der Waals surface area contributed by atoms with E-state index in [4.69, 9.17) is 0 Å². The first-order chi connectivity index (χ1) is 27.8. The molecule has 5 nitrogen and oxygen atoms in total. The van der Waals surface area contributed by atoms with Crippen LogP contribution >= 0.6 is 0 Å². The topological polar surface area (TPSA) is 101 Å². The number of phenols is 5. The molecule has 5 rings (SSSR count). The molecule has 0 saturated carbocycles. The predicted octanol–water partition coefficient (Wildman–Crippen LogP) is 13.6. The highest BCUT2D eigenvalue weighted by atomic mass is 16.3. The normalized spacial score (nSPS) is 13.7. The van der Waals surface area contributed by atoms with Gasteiger partial charge < -0.3 is 25.5 Å². The first-order valence-electron chi connectivity index (χ1n) is 22.0. The highest BCUT2D eigenvalue weighted by Crippen LogP contribution is 2.48. The average molecular weight is 785 g/mol. The zero-order valence-corrected chi connectivity index (χ0v) is 36.5. The van der Waals surface area contributed by atoms with Crippen molar-refractivity contribution in [2.24, 2.45) is 0 Å². The van der Waals surface area contributed by atoms with Crippen molar-refractivity contribution in [1.82, 2.24) is 0 Å². The molecule has 0 aliphatic heterocycles. The van der Waals surface area contributed by atoms with Gasteiger partial charge in [-0.05, 0) is 72.1 Å². The molecule has 0 aliphatic rings. The minimum atomic E-state index is -0.362. The summed E-state index contributed by atoms with van der Waals surface area (Å²) in [4.78, 5) is 0. The minimum absolute atomic E-state index is 0.166. The van der Waals surface area contributed by atoms with E-state index in [0.29, 0.717) is 0 Å². The van der Waals surface area contributed by atoms with Gasteiger partial charge in [0.2, 0.25) is 0 Å². The van der Waals surface area contributed by atoms with Crippen LogP contribution in [0.15, 0.2) is 72.8 Å². The van der Waals surface area contributed by atoms with E-state index in [1.807, 2.05) is 26.0 Å². The maximum Gasteiger partial charge on any atom is 0.123 e. The Bertz CT molecular complexity index is 2030. The molecular weight excluding hydrogens is 717 g/mol. The average Bonchev–Trinajstić information content (AvgIpc) is 3.20. The summed E-state index contributed by atoms with van der Waals surface area (Å²) in [6, 6.07) is 24.1. The molecule has 5 heteroatoms. The van der Waals surface area contributed by atoms with Crippen molar-refractivity contribution in [3.63, 3.8) is 0 Å². The fourth-order valence-electron chi connectivity index (χ4n) is 8.97. The molecule has 0 aromatic heterocycles. The number of aromatic hydroxyl groups is 5. The zero-order valence-electron chi connectivity index (χ0n) is 36.5. The summed E-state index contributed by atoms with van der Waals surface area (Å²) in [5.41, 5.74) is 11.7. The fourth-order valence-corrected chi connectivity index (χ4v) is 8.97. The molecule has 5 aromatic rings. The highest BCUT2D eigenvalue weighted by molar-refractivity contribution is 5.60. The van der Waals surface area contributed by atoms with Crippen LogP contribution < -0.4 is 0 Å². The van der Waals surface area contributed by atoms with E-state index in [1.165, 1.54) is 0 Å². The van der Waals surface area contributed by atoms with Crippen molar-refractivity contribution in [2.45, 2.75) is 150 Å². The van der Waals surface area contributed by atoms with Crippen LogP contribution in [0.5, 0.6) is 28.7 Å². The lowest BCUT2D eigenvalue weighted by molar-refractivity contribution is 0.442. The highest BCUT2D eigenvalue weighted by Gasteiger charge is 2.29. The van der Waals surface area contributed by atoms with Gasteiger partial charge in [-0.1, -0.05) is 155 Å². The van der Waals surface area contributed by atoms with E-state index >= 15 is 0 Å². The maximum atomic E-state index is 12.4. The SMILES string of the molecule is CCCc1ccc(O)c(C(C)c2cc(CCC)cc(C(C)c3cc(CCC)cc(C(C)c4cc(CCC)cc(C(C)c5cc(CCC)ccc5O)c4O)c3O)c2O)c1. The summed E-state index contributed by atoms with van der Waals surface area (Å²) < 4.78 is 0. The largest absolute Gasteiger partial charge is 0.508 e. The monoisotopic (exact) mass is 785 g/mol. The van der Waals surface area contributed by atoms with Crippen molar-refractivity contribution in [3.8, 4) is 28.7 Å². The van der Waals surface area contributed by atoms with E-state index in [-0.39, 0.29) is 52.4 Å². The van der Waals surface area contributed by atoms with Crippen LogP contribution in [0, 0.1) is 0 Å². The molecule has 0 saturated heterocycles. The van der Waals surface area contributed by atoms with Crippen molar-refractivity contribution in [1.29, 1.82) is 0 Å². The number of rotatable bonds is 18. The van der Waals surface area contributed by atoms with Crippen molar-refractivity contribution in [3.05, 3.63) is 145 Å². The van der Waals surface area contributed by atoms with Crippen molar-refractivity contribution < 1.29 is 25.5 Å². The summed E-state index contributed by atoms with van der Waals surface area (Å²) in [5.74, 6) is -0.275. The lowest BCUT2D eigenvalue weighted by Crippen LogP contribution is -2.08. The number of hydrogen-bond acceptors (Lipinski definition) is 5. The van der Waals surface area contributed by atoms with Gasteiger partial charge in [0.15, 0.2) is 0 Å². The summed E-state index contributed by atoms with van der Waals surface area (Å²) in [7, 11) is 0. The number of benzene rings is 5. The molecule has 310 valence electrons. The molecule has 5 N–H and O–H groups in total. The Balaban J connectivity index is 1.65. The molecule has 58 heavy (non-hydrogen) atoms. The fraction of sp³-hybridized carbons (Fsp3) is 0.434. The van der Waals surface area contributed by atoms with Gasteiger partial charge in [0.25, 0.3) is 0 Å². The second kappa shape index (κ2) is 19.7. The van der Waals surface area contributed by atoms with Gasteiger partial charge in [0, 0.05) is 68.2 Å². The van der Waals surface area contributed by atoms with Crippen molar-refractivity contribution >= 4 is 0 Å². The number of phenolic OH excluding ortho intramolecular Hbond substituents is 5. The Kier molecular flexibility index (Phi) is 15.0. The second-order valence-corrected chi connectivity index (χ2v) is 16.8. The Morgan fingerprint density at radius 3 is 0.759 bits per heavy atom. The molecule has 4 atom stereocenters. The Morgan fingerprint density at radius 2 is 0.517 bits per heavy atom. The molecule has 0 fully saturated rings. The third kappa shape index (κ3) is 9.52. The first-order valence-corrected chi connectivity index (χ1v) is 22.0. The molecule has 4 unspecified atom stereocenters. The summed E-state index contributed by atoms with van der Waals surface area (Å²) >= 11 is 0. The predicted molar refractivity (Wildman–Crippen MR) is 241 cm³/mol. The summed E-state index contributed by atoms with van der Waals surface area (Å²) in [6.45, 7) is 18.9. The molecular formula is C53H68O5. The molecule has 0 aliphatic carbocycles. The van der Waals surface area contributed by atoms with Crippen LogP contribution in [0.1, 0.15) is 190 Å². The Hall–Kier alpha value is -4.90. The molecule has 0 heterocycles. The summed E-state index contributed by atoms with van der Waals surface area (Å²) in [5, 5.41) is 58.8. The number of aryl methyl sites for hydroxylation is 5. The molecule has 0 spiro atoms. The minimum Gasteiger partial charge on any atom is -0.508 e. The molecule has 0 radical (unpaired) electrons. The molecule has 0 amide bonds. The molecule has 5 aromatic carbocycles. The smallest absolute Gasteiger partial charge is 0.123 e. The van der Waals surface area contributed by atoms with Gasteiger partial charge in [-0.25, -0.2) is 0 Å². The Labute approximate surface area is 348 Å². The Morgan fingerprint density at radius 1 is 0.310 bits per heavy atom. The van der Waals surface area contributed by atoms with E-state index in [2.05, 4.69) is 97.0 Å². The van der Waals surface area contributed by atoms with Crippen LogP contribution in [-0.2, 0) is 32.1 Å². The van der Waals surface area contributed by atoms with Gasteiger partial charge >= 0.3 is 0 Å². The van der Waals surface area contributed by atoms with Gasteiger partial charge in [-0.2, -0.15) is 0 Å². The van der Waals surface area contributed by atoms with Gasteiger partial charge in [-0.3, -0.25) is 0 Å². The van der Waals surface area contributed by atoms with Crippen LogP contribution in [0.4, 0.5) is 0 Å². The third-order valence-corrected chi connectivity index (χ3v) is 12.3. The van der Waals surface area contributed by atoms with Gasteiger partial charge in [0.1, 0.15) is 28.7 Å². The lowest BCUT2D eigenvalue weighted by atomic mass is 9.80. The van der Waals surface area contributed by atoms with E-state index < -0.39 is 0 Å². The van der Waals surface area contributed by atoms with E-state index in [0.717, 1.165) is 137 Å². The van der Waals surface area contributed by atoms with Gasteiger partial charge in [0.05, 0.1) is 0 Å². The first kappa shape index (κ1) is 44.2. The zero-order chi connectivity index (χ0) is 42.3. The van der Waals surface area contributed by atoms with Crippen LogP contribution in [0.25, 0.3) is 0 Å². The van der Waals surface area contributed by atoms with Crippen molar-refractivity contribution in [2.75, 3.05) is 0 Å². The number of hydrogen-bond donors (Lipinski definition) is 5. The quantitative estimate of drug-likeness (QED) is 0.0609. The van der Waals surface area contributed by atoms with Gasteiger partial charge in [-0.15, -0.1) is 0 Å². The maximum absolute atomic E-state index is 12.4. The van der Waals surface area contributed by atoms with Crippen LogP contribution in [0.2, 0.25) is 0 Å².